The van der Waals surface area contributed by atoms with Gasteiger partial charge in [-0.3, -0.25) is 4.79 Å². The molecule has 0 saturated heterocycles. The van der Waals surface area contributed by atoms with Crippen LogP contribution in [-0.4, -0.2) is 16.7 Å². The fraction of sp³-hybridized carbons (Fsp3) is 0.300. The minimum Gasteiger partial charge on any atom is -0.388 e. The van der Waals surface area contributed by atoms with Gasteiger partial charge in [0.2, 0.25) is 0 Å². The van der Waals surface area contributed by atoms with Gasteiger partial charge in [-0.05, 0) is 12.0 Å². The van der Waals surface area contributed by atoms with Crippen LogP contribution in [0.4, 0.5) is 0 Å². The Kier molecular flexibility index (Phi) is 4.12. The average molecular weight is 243 g/mol. The van der Waals surface area contributed by atoms with Gasteiger partial charge in [-0.25, -0.2) is 0 Å². The van der Waals surface area contributed by atoms with E-state index in [4.69, 9.17) is 0 Å². The summed E-state index contributed by atoms with van der Waals surface area (Å²) in [5, 5.41) is 10.3. The maximum atomic E-state index is 10.3. The van der Waals surface area contributed by atoms with E-state index in [1.54, 1.807) is 24.3 Å². The zero-order valence-electron chi connectivity index (χ0n) is 7.11. The third-order valence-electron chi connectivity index (χ3n) is 1.84. The molecule has 0 aliphatic carbocycles. The van der Waals surface area contributed by atoms with E-state index >= 15 is 0 Å². The lowest BCUT2D eigenvalue weighted by Gasteiger charge is -2.08. The van der Waals surface area contributed by atoms with Gasteiger partial charge in [-0.2, -0.15) is 0 Å². The summed E-state index contributed by atoms with van der Waals surface area (Å²) in [7, 11) is 0. The second kappa shape index (κ2) is 5.14. The molecule has 3 heteroatoms. The number of hydrogen-bond acceptors (Lipinski definition) is 2. The van der Waals surface area contributed by atoms with E-state index < -0.39 is 6.10 Å². The Morgan fingerprint density at radius 2 is 2.00 bits per heavy atom. The fourth-order valence-electron chi connectivity index (χ4n) is 1.07. The standard InChI is InChI=1S/C10H11BrO2/c11-6-5-10(13)9-3-1-8(7-12)2-4-9/h1-4,7,10,13H,5-6H2. The molecule has 0 radical (unpaired) electrons. The summed E-state index contributed by atoms with van der Waals surface area (Å²) in [5.41, 5.74) is 1.49. The van der Waals surface area contributed by atoms with E-state index in [2.05, 4.69) is 15.9 Å². The minimum absolute atomic E-state index is 0.444. The largest absolute Gasteiger partial charge is 0.388 e. The van der Waals surface area contributed by atoms with E-state index in [1.165, 1.54) is 0 Å². The van der Waals surface area contributed by atoms with Crippen molar-refractivity contribution in [1.29, 1.82) is 0 Å². The van der Waals surface area contributed by atoms with Gasteiger partial charge in [0.05, 0.1) is 6.10 Å². The molecule has 0 spiro atoms. The number of alkyl halides is 1. The normalized spacial score (nSPS) is 12.5. The predicted octanol–water partition coefficient (Wildman–Crippen LogP) is 2.32. The van der Waals surface area contributed by atoms with Crippen molar-refractivity contribution < 1.29 is 9.90 Å². The molecule has 1 aromatic rings. The van der Waals surface area contributed by atoms with E-state index in [0.29, 0.717) is 12.0 Å². The highest BCUT2D eigenvalue weighted by atomic mass is 79.9. The van der Waals surface area contributed by atoms with Crippen molar-refractivity contribution in [3.05, 3.63) is 35.4 Å². The summed E-state index contributed by atoms with van der Waals surface area (Å²) in [5.74, 6) is 0. The molecule has 13 heavy (non-hydrogen) atoms. The van der Waals surface area contributed by atoms with Crippen LogP contribution in [0.25, 0.3) is 0 Å². The first-order valence-electron chi connectivity index (χ1n) is 4.07. The van der Waals surface area contributed by atoms with E-state index in [-0.39, 0.29) is 0 Å². The molecule has 0 aliphatic heterocycles. The number of aliphatic hydroxyl groups excluding tert-OH is 1. The summed E-state index contributed by atoms with van der Waals surface area (Å²) < 4.78 is 0. The fourth-order valence-corrected chi connectivity index (χ4v) is 1.50. The van der Waals surface area contributed by atoms with Gasteiger partial charge in [0.25, 0.3) is 0 Å². The number of rotatable bonds is 4. The molecule has 1 aromatic carbocycles. The van der Waals surface area contributed by atoms with Crippen molar-refractivity contribution in [2.75, 3.05) is 5.33 Å². The second-order valence-corrected chi connectivity index (χ2v) is 3.57. The molecular weight excluding hydrogens is 232 g/mol. The molecule has 0 bridgehead atoms. The maximum absolute atomic E-state index is 10.3. The maximum Gasteiger partial charge on any atom is 0.150 e. The lowest BCUT2D eigenvalue weighted by molar-refractivity contribution is 0.112. The van der Waals surface area contributed by atoms with Crippen molar-refractivity contribution in [1.82, 2.24) is 0 Å². The summed E-state index contributed by atoms with van der Waals surface area (Å²) in [6.07, 6.45) is 1.03. The molecule has 0 aliphatic rings. The lowest BCUT2D eigenvalue weighted by Crippen LogP contribution is -1.97. The molecule has 1 unspecified atom stereocenters. The van der Waals surface area contributed by atoms with Gasteiger partial charge >= 0.3 is 0 Å². The Morgan fingerprint density at radius 3 is 2.46 bits per heavy atom. The molecule has 0 amide bonds. The first-order chi connectivity index (χ1) is 6.27. The molecule has 1 atom stereocenters. The van der Waals surface area contributed by atoms with E-state index in [9.17, 15) is 9.90 Å². The quantitative estimate of drug-likeness (QED) is 0.650. The molecule has 70 valence electrons. The average Bonchev–Trinajstić information content (AvgIpc) is 2.18. The summed E-state index contributed by atoms with van der Waals surface area (Å²) in [6.45, 7) is 0. The summed E-state index contributed by atoms with van der Waals surface area (Å²) in [6, 6.07) is 6.97. The topological polar surface area (TPSA) is 37.3 Å². The van der Waals surface area contributed by atoms with Gasteiger partial charge in [-0.15, -0.1) is 0 Å². The minimum atomic E-state index is -0.444. The van der Waals surface area contributed by atoms with E-state index in [1.807, 2.05) is 0 Å². The number of hydrogen-bond donors (Lipinski definition) is 1. The SMILES string of the molecule is O=Cc1ccc(C(O)CCBr)cc1. The van der Waals surface area contributed by atoms with Gasteiger partial charge in [-0.1, -0.05) is 40.2 Å². The number of carbonyl (C=O) groups is 1. The van der Waals surface area contributed by atoms with Gasteiger partial charge < -0.3 is 5.11 Å². The molecule has 0 fully saturated rings. The molecule has 1 rings (SSSR count). The van der Waals surface area contributed by atoms with E-state index in [0.717, 1.165) is 17.2 Å². The van der Waals surface area contributed by atoms with Crippen LogP contribution < -0.4 is 0 Å². The number of aldehydes is 1. The molecule has 0 saturated carbocycles. The molecule has 1 N–H and O–H groups in total. The Bertz CT molecular complexity index is 269. The first-order valence-corrected chi connectivity index (χ1v) is 5.19. The summed E-state index contributed by atoms with van der Waals surface area (Å²) >= 11 is 3.26. The lowest BCUT2D eigenvalue weighted by atomic mass is 10.1. The van der Waals surface area contributed by atoms with Crippen LogP contribution in [0.1, 0.15) is 28.4 Å². The van der Waals surface area contributed by atoms with Gasteiger partial charge in [0.15, 0.2) is 0 Å². The number of benzene rings is 1. The van der Waals surface area contributed by atoms with Gasteiger partial charge in [0, 0.05) is 10.9 Å². The van der Waals surface area contributed by atoms with Crippen LogP contribution in [-0.2, 0) is 0 Å². The van der Waals surface area contributed by atoms with Crippen molar-refractivity contribution in [3.63, 3.8) is 0 Å². The van der Waals surface area contributed by atoms with Crippen LogP contribution in [0.2, 0.25) is 0 Å². The van der Waals surface area contributed by atoms with Crippen LogP contribution in [0.5, 0.6) is 0 Å². The molecule has 2 nitrogen and oxygen atoms in total. The number of aliphatic hydroxyl groups is 1. The van der Waals surface area contributed by atoms with Gasteiger partial charge in [0.1, 0.15) is 6.29 Å². The molecule has 0 heterocycles. The monoisotopic (exact) mass is 242 g/mol. The van der Waals surface area contributed by atoms with Crippen LogP contribution >= 0.6 is 15.9 Å². The third kappa shape index (κ3) is 2.94. The highest BCUT2D eigenvalue weighted by Crippen LogP contribution is 2.17. The highest BCUT2D eigenvalue weighted by molar-refractivity contribution is 9.09. The Morgan fingerprint density at radius 1 is 1.38 bits per heavy atom. The number of halogens is 1. The van der Waals surface area contributed by atoms with Crippen LogP contribution in [0.3, 0.4) is 0 Å². The van der Waals surface area contributed by atoms with Crippen LogP contribution in [0, 0.1) is 0 Å². The first kappa shape index (κ1) is 10.4. The van der Waals surface area contributed by atoms with Crippen molar-refractivity contribution in [2.45, 2.75) is 12.5 Å². The second-order valence-electron chi connectivity index (χ2n) is 2.78. The smallest absolute Gasteiger partial charge is 0.150 e. The van der Waals surface area contributed by atoms with Crippen molar-refractivity contribution in [3.8, 4) is 0 Å². The van der Waals surface area contributed by atoms with Crippen molar-refractivity contribution in [2.24, 2.45) is 0 Å². The number of carbonyl (C=O) groups excluding carboxylic acids is 1. The van der Waals surface area contributed by atoms with Crippen molar-refractivity contribution >= 4 is 22.2 Å². The highest BCUT2D eigenvalue weighted by Gasteiger charge is 2.05. The summed E-state index contributed by atoms with van der Waals surface area (Å²) in [4.78, 5) is 10.3. The Balaban J connectivity index is 2.73. The zero-order valence-corrected chi connectivity index (χ0v) is 8.70. The third-order valence-corrected chi connectivity index (χ3v) is 2.30. The molecule has 0 aromatic heterocycles. The zero-order chi connectivity index (χ0) is 9.68. The van der Waals surface area contributed by atoms with Crippen LogP contribution in [0.15, 0.2) is 24.3 Å². The molecular formula is C10H11BrO2. The Labute approximate surface area is 85.7 Å². The predicted molar refractivity (Wildman–Crippen MR) is 55.2 cm³/mol. The Hall–Kier alpha value is -0.670.